The summed E-state index contributed by atoms with van der Waals surface area (Å²) in [5, 5.41) is 9.09. The van der Waals surface area contributed by atoms with Gasteiger partial charge in [0, 0.05) is 31.1 Å². The Kier molecular flexibility index (Phi) is 6.43. The minimum atomic E-state index is -0.0474. The highest BCUT2D eigenvalue weighted by atomic mass is 35.5. The number of carbonyl (C=O) groups is 1. The van der Waals surface area contributed by atoms with Gasteiger partial charge in [-0.1, -0.05) is 44.5 Å². The fourth-order valence-corrected chi connectivity index (χ4v) is 5.07. The molecule has 2 saturated heterocycles. The van der Waals surface area contributed by atoms with Gasteiger partial charge >= 0.3 is 0 Å². The minimum Gasteiger partial charge on any atom is -0.361 e. The molecule has 8 heteroatoms. The lowest BCUT2D eigenvalue weighted by Crippen LogP contribution is -2.62. The van der Waals surface area contributed by atoms with E-state index in [0.29, 0.717) is 39.8 Å². The van der Waals surface area contributed by atoms with Crippen molar-refractivity contribution in [1.82, 2.24) is 24.7 Å². The summed E-state index contributed by atoms with van der Waals surface area (Å²) < 4.78 is 6.94. The molecule has 0 saturated carbocycles. The SMILES string of the molecule is CCCn1nc(-c2cc(C)on2)c(C(=O)N2CC3(CCN(CCC(C)(C)C)CC3)C2)c1Cl. The van der Waals surface area contributed by atoms with Crippen LogP contribution in [0.15, 0.2) is 10.6 Å². The van der Waals surface area contributed by atoms with Crippen molar-refractivity contribution in [1.29, 1.82) is 0 Å². The maximum absolute atomic E-state index is 13.5. The number of piperidine rings is 1. The molecule has 2 aromatic rings. The van der Waals surface area contributed by atoms with Crippen LogP contribution in [-0.4, -0.2) is 63.4 Å². The number of carbonyl (C=O) groups excluding carboxylic acids is 1. The Morgan fingerprint density at radius 1 is 1.22 bits per heavy atom. The van der Waals surface area contributed by atoms with Gasteiger partial charge in [0.2, 0.25) is 0 Å². The van der Waals surface area contributed by atoms with Gasteiger partial charge in [0.05, 0.1) is 0 Å². The van der Waals surface area contributed by atoms with Crippen LogP contribution in [0, 0.1) is 17.8 Å². The third kappa shape index (κ3) is 4.74. The molecule has 4 rings (SSSR count). The number of likely N-dealkylation sites (tertiary alicyclic amines) is 2. The monoisotopic (exact) mass is 461 g/mol. The molecule has 2 aromatic heterocycles. The Balaban J connectivity index is 1.43. The highest BCUT2D eigenvalue weighted by Crippen LogP contribution is 2.42. The van der Waals surface area contributed by atoms with Crippen LogP contribution >= 0.6 is 11.6 Å². The van der Waals surface area contributed by atoms with Crippen molar-refractivity contribution >= 4 is 17.5 Å². The number of aryl methyl sites for hydroxylation is 2. The third-order valence-electron chi connectivity index (χ3n) is 6.84. The first-order chi connectivity index (χ1) is 15.1. The second-order valence-corrected chi connectivity index (χ2v) is 11.2. The normalized spacial score (nSPS) is 18.9. The molecule has 7 nitrogen and oxygen atoms in total. The molecule has 176 valence electrons. The molecule has 0 aromatic carbocycles. The van der Waals surface area contributed by atoms with E-state index in [1.54, 1.807) is 10.7 Å². The first-order valence-electron chi connectivity index (χ1n) is 11.8. The van der Waals surface area contributed by atoms with E-state index in [9.17, 15) is 4.79 Å². The Labute approximate surface area is 196 Å². The molecule has 0 radical (unpaired) electrons. The first kappa shape index (κ1) is 23.3. The van der Waals surface area contributed by atoms with Crippen LogP contribution in [0.25, 0.3) is 11.4 Å². The summed E-state index contributed by atoms with van der Waals surface area (Å²) in [6.45, 7) is 16.5. The number of hydrogen-bond donors (Lipinski definition) is 0. The number of rotatable bonds is 6. The van der Waals surface area contributed by atoms with E-state index < -0.39 is 0 Å². The van der Waals surface area contributed by atoms with Crippen molar-refractivity contribution < 1.29 is 9.32 Å². The van der Waals surface area contributed by atoms with Gasteiger partial charge < -0.3 is 14.3 Å². The van der Waals surface area contributed by atoms with Gasteiger partial charge in [0.15, 0.2) is 0 Å². The van der Waals surface area contributed by atoms with Gasteiger partial charge in [0.25, 0.3) is 5.91 Å². The number of halogens is 1. The third-order valence-corrected chi connectivity index (χ3v) is 7.23. The van der Waals surface area contributed by atoms with Gasteiger partial charge in [-0.2, -0.15) is 5.10 Å². The van der Waals surface area contributed by atoms with Gasteiger partial charge in [0.1, 0.15) is 27.9 Å². The summed E-state index contributed by atoms with van der Waals surface area (Å²) in [5.41, 5.74) is 2.15. The van der Waals surface area contributed by atoms with Crippen LogP contribution in [0.1, 0.15) is 69.5 Å². The quantitative estimate of drug-likeness (QED) is 0.613. The van der Waals surface area contributed by atoms with Crippen molar-refractivity contribution in [3.8, 4) is 11.4 Å². The summed E-state index contributed by atoms with van der Waals surface area (Å²) in [6, 6.07) is 1.80. The fraction of sp³-hybridized carbons (Fsp3) is 0.708. The van der Waals surface area contributed by atoms with Crippen molar-refractivity contribution in [2.75, 3.05) is 32.7 Å². The lowest BCUT2D eigenvalue weighted by atomic mass is 9.71. The molecule has 4 heterocycles. The van der Waals surface area contributed by atoms with Crippen LogP contribution in [-0.2, 0) is 6.54 Å². The van der Waals surface area contributed by atoms with Crippen LogP contribution < -0.4 is 0 Å². The zero-order valence-electron chi connectivity index (χ0n) is 20.1. The summed E-state index contributed by atoms with van der Waals surface area (Å²) >= 11 is 6.64. The molecule has 2 fully saturated rings. The maximum Gasteiger partial charge on any atom is 0.259 e. The minimum absolute atomic E-state index is 0.0474. The molecular weight excluding hydrogens is 426 g/mol. The molecule has 0 bridgehead atoms. The van der Waals surface area contributed by atoms with E-state index in [0.717, 1.165) is 52.0 Å². The largest absolute Gasteiger partial charge is 0.361 e. The van der Waals surface area contributed by atoms with Crippen molar-refractivity contribution in [2.24, 2.45) is 10.8 Å². The Morgan fingerprint density at radius 3 is 2.47 bits per heavy atom. The van der Waals surface area contributed by atoms with E-state index in [1.165, 1.54) is 6.42 Å². The molecule has 1 amide bonds. The summed E-state index contributed by atoms with van der Waals surface area (Å²) in [4.78, 5) is 18.0. The molecular formula is C24H36ClN5O2. The van der Waals surface area contributed by atoms with Crippen LogP contribution in [0.2, 0.25) is 5.15 Å². The predicted molar refractivity (Wildman–Crippen MR) is 126 cm³/mol. The molecule has 32 heavy (non-hydrogen) atoms. The van der Waals surface area contributed by atoms with Crippen LogP contribution in [0.4, 0.5) is 0 Å². The smallest absolute Gasteiger partial charge is 0.259 e. The standard InChI is InChI=1S/C24H36ClN5O2/c1-6-10-30-21(25)19(20(26-30)18-14-17(2)32-27-18)22(31)29-15-24(16-29)8-12-28(13-9-24)11-7-23(3,4)5/h14H,6-13,15-16H2,1-5H3. The zero-order chi connectivity index (χ0) is 23.1. The molecule has 0 N–H and O–H groups in total. The van der Waals surface area contributed by atoms with Crippen LogP contribution in [0.3, 0.4) is 0 Å². The number of aromatic nitrogens is 3. The van der Waals surface area contributed by atoms with Gasteiger partial charge in [-0.05, 0) is 57.7 Å². The molecule has 2 aliphatic rings. The van der Waals surface area contributed by atoms with E-state index in [-0.39, 0.29) is 11.3 Å². The van der Waals surface area contributed by atoms with Gasteiger partial charge in [-0.25, -0.2) is 0 Å². The topological polar surface area (TPSA) is 67.4 Å². The second-order valence-electron chi connectivity index (χ2n) is 10.9. The van der Waals surface area contributed by atoms with Gasteiger partial charge in [-0.3, -0.25) is 9.48 Å². The van der Waals surface area contributed by atoms with Crippen molar-refractivity contribution in [3.63, 3.8) is 0 Å². The van der Waals surface area contributed by atoms with Crippen LogP contribution in [0.5, 0.6) is 0 Å². The lowest BCUT2D eigenvalue weighted by molar-refractivity contribution is -0.0333. The Bertz CT molecular complexity index is 958. The molecule has 0 atom stereocenters. The number of amides is 1. The average Bonchev–Trinajstić information content (AvgIpc) is 3.28. The van der Waals surface area contributed by atoms with Crippen molar-refractivity contribution in [3.05, 3.63) is 22.5 Å². The molecule has 2 aliphatic heterocycles. The van der Waals surface area contributed by atoms with E-state index in [2.05, 4.69) is 42.9 Å². The lowest BCUT2D eigenvalue weighted by Gasteiger charge is -2.54. The maximum atomic E-state index is 13.5. The Hall–Kier alpha value is -1.86. The number of nitrogens with zero attached hydrogens (tertiary/aromatic N) is 5. The zero-order valence-corrected chi connectivity index (χ0v) is 20.8. The van der Waals surface area contributed by atoms with Crippen molar-refractivity contribution in [2.45, 2.75) is 66.8 Å². The highest BCUT2D eigenvalue weighted by molar-refractivity contribution is 6.33. The second kappa shape index (κ2) is 8.82. The summed E-state index contributed by atoms with van der Waals surface area (Å²) in [5.74, 6) is 0.634. The average molecular weight is 462 g/mol. The number of hydrogen-bond acceptors (Lipinski definition) is 5. The molecule has 0 aliphatic carbocycles. The summed E-state index contributed by atoms with van der Waals surface area (Å²) in [6.07, 6.45) is 4.40. The predicted octanol–water partition coefficient (Wildman–Crippen LogP) is 4.88. The Morgan fingerprint density at radius 2 is 1.91 bits per heavy atom. The highest BCUT2D eigenvalue weighted by Gasteiger charge is 2.47. The first-order valence-corrected chi connectivity index (χ1v) is 12.2. The van der Waals surface area contributed by atoms with Gasteiger partial charge in [-0.15, -0.1) is 0 Å². The van der Waals surface area contributed by atoms with E-state index >= 15 is 0 Å². The molecule has 1 spiro atoms. The summed E-state index contributed by atoms with van der Waals surface area (Å²) in [7, 11) is 0. The van der Waals surface area contributed by atoms with E-state index in [4.69, 9.17) is 16.1 Å². The fourth-order valence-electron chi connectivity index (χ4n) is 4.77. The van der Waals surface area contributed by atoms with E-state index in [1.807, 2.05) is 11.8 Å². The molecule has 0 unspecified atom stereocenters.